The number of aromatic nitrogens is 2. The van der Waals surface area contributed by atoms with Gasteiger partial charge in [0.25, 0.3) is 0 Å². The summed E-state index contributed by atoms with van der Waals surface area (Å²) >= 11 is 0. The molecular formula is C21H32N2O3. The smallest absolute Gasteiger partial charge is 0.204 e. The standard InChI is InChI=1S/C21H32N2O3/c1-20(2,3)25-10-7-8-19-22-14-16(15-23-19)9-11-24-17-12-18(13-17)26-21(4,5)6/h14-15,17-18H,9-13H2,1-6H3. The van der Waals surface area contributed by atoms with Gasteiger partial charge in [0, 0.05) is 12.4 Å². The molecule has 1 aromatic rings. The van der Waals surface area contributed by atoms with E-state index >= 15 is 0 Å². The number of ether oxygens (including phenoxy) is 3. The molecule has 1 aliphatic rings. The van der Waals surface area contributed by atoms with Crippen molar-refractivity contribution in [2.24, 2.45) is 0 Å². The molecule has 2 rings (SSSR count). The third-order valence-corrected chi connectivity index (χ3v) is 3.80. The summed E-state index contributed by atoms with van der Waals surface area (Å²) < 4.78 is 17.4. The van der Waals surface area contributed by atoms with Crippen LogP contribution >= 0.6 is 0 Å². The van der Waals surface area contributed by atoms with Gasteiger partial charge >= 0.3 is 0 Å². The Bertz CT molecular complexity index is 612. The van der Waals surface area contributed by atoms with E-state index < -0.39 is 0 Å². The first-order valence-electron chi connectivity index (χ1n) is 9.34. The highest BCUT2D eigenvalue weighted by Gasteiger charge is 2.33. The van der Waals surface area contributed by atoms with Gasteiger partial charge < -0.3 is 14.2 Å². The third-order valence-electron chi connectivity index (χ3n) is 3.80. The summed E-state index contributed by atoms with van der Waals surface area (Å²) in [6, 6.07) is 0. The minimum atomic E-state index is -0.182. The monoisotopic (exact) mass is 360 g/mol. The Labute approximate surface area is 157 Å². The van der Waals surface area contributed by atoms with Crippen molar-refractivity contribution in [1.29, 1.82) is 0 Å². The molecule has 144 valence electrons. The van der Waals surface area contributed by atoms with Gasteiger partial charge in [0.2, 0.25) is 5.82 Å². The quantitative estimate of drug-likeness (QED) is 0.726. The van der Waals surface area contributed by atoms with Gasteiger partial charge in [-0.1, -0.05) is 5.92 Å². The lowest BCUT2D eigenvalue weighted by atomic mass is 9.91. The van der Waals surface area contributed by atoms with Crippen molar-refractivity contribution in [3.8, 4) is 11.8 Å². The van der Waals surface area contributed by atoms with E-state index in [1.54, 1.807) is 0 Å². The van der Waals surface area contributed by atoms with Crippen molar-refractivity contribution in [1.82, 2.24) is 9.97 Å². The lowest BCUT2D eigenvalue weighted by Crippen LogP contribution is -2.42. The lowest BCUT2D eigenvalue weighted by molar-refractivity contribution is -0.148. The van der Waals surface area contributed by atoms with E-state index in [0.717, 1.165) is 24.8 Å². The number of nitrogens with zero attached hydrogens (tertiary/aromatic N) is 2. The largest absolute Gasteiger partial charge is 0.378 e. The van der Waals surface area contributed by atoms with Crippen molar-refractivity contribution in [2.45, 2.75) is 84.2 Å². The first-order valence-corrected chi connectivity index (χ1v) is 9.34. The van der Waals surface area contributed by atoms with Crippen LogP contribution in [0.25, 0.3) is 0 Å². The molecule has 0 spiro atoms. The number of hydrogen-bond donors (Lipinski definition) is 0. The predicted octanol–water partition coefficient (Wildman–Crippen LogP) is 3.55. The van der Waals surface area contributed by atoms with Crippen LogP contribution in [0.3, 0.4) is 0 Å². The lowest BCUT2D eigenvalue weighted by Gasteiger charge is -2.39. The molecule has 1 heterocycles. The molecule has 1 fully saturated rings. The second-order valence-electron chi connectivity index (χ2n) is 8.68. The highest BCUT2D eigenvalue weighted by atomic mass is 16.5. The zero-order valence-corrected chi connectivity index (χ0v) is 17.0. The predicted molar refractivity (Wildman–Crippen MR) is 102 cm³/mol. The highest BCUT2D eigenvalue weighted by molar-refractivity contribution is 5.21. The van der Waals surface area contributed by atoms with Crippen molar-refractivity contribution in [3.05, 3.63) is 23.8 Å². The average Bonchev–Trinajstić information content (AvgIpc) is 2.48. The Hall–Kier alpha value is -1.48. The van der Waals surface area contributed by atoms with Gasteiger partial charge in [-0.3, -0.25) is 0 Å². The van der Waals surface area contributed by atoms with Crippen molar-refractivity contribution >= 4 is 0 Å². The van der Waals surface area contributed by atoms with E-state index in [0.29, 0.717) is 31.2 Å². The van der Waals surface area contributed by atoms with Gasteiger partial charge in [-0.15, -0.1) is 0 Å². The first kappa shape index (κ1) is 20.8. The Morgan fingerprint density at radius 1 is 1.00 bits per heavy atom. The second-order valence-corrected chi connectivity index (χ2v) is 8.68. The molecule has 0 atom stereocenters. The van der Waals surface area contributed by atoms with E-state index in [-0.39, 0.29) is 11.2 Å². The Morgan fingerprint density at radius 3 is 2.23 bits per heavy atom. The molecule has 0 amide bonds. The molecule has 5 heteroatoms. The van der Waals surface area contributed by atoms with E-state index in [1.807, 2.05) is 33.2 Å². The van der Waals surface area contributed by atoms with Crippen LogP contribution in [-0.2, 0) is 20.6 Å². The van der Waals surface area contributed by atoms with E-state index in [1.165, 1.54) is 0 Å². The topological polar surface area (TPSA) is 53.5 Å². The van der Waals surface area contributed by atoms with Crippen molar-refractivity contribution < 1.29 is 14.2 Å². The first-order chi connectivity index (χ1) is 12.1. The van der Waals surface area contributed by atoms with Crippen LogP contribution in [0.15, 0.2) is 12.4 Å². The zero-order chi connectivity index (χ0) is 19.2. The Kier molecular flexibility index (Phi) is 7.16. The molecule has 0 unspecified atom stereocenters. The van der Waals surface area contributed by atoms with Crippen molar-refractivity contribution in [3.63, 3.8) is 0 Å². The molecule has 5 nitrogen and oxygen atoms in total. The van der Waals surface area contributed by atoms with Crippen LogP contribution in [0.2, 0.25) is 0 Å². The summed E-state index contributed by atoms with van der Waals surface area (Å²) in [5.41, 5.74) is 0.804. The van der Waals surface area contributed by atoms with E-state index in [4.69, 9.17) is 14.2 Å². The van der Waals surface area contributed by atoms with Crippen LogP contribution in [-0.4, -0.2) is 46.6 Å². The van der Waals surface area contributed by atoms with Gasteiger partial charge in [-0.25, -0.2) is 9.97 Å². The minimum Gasteiger partial charge on any atom is -0.378 e. The van der Waals surface area contributed by atoms with Gasteiger partial charge in [0.15, 0.2) is 0 Å². The maximum Gasteiger partial charge on any atom is 0.204 e. The molecule has 26 heavy (non-hydrogen) atoms. The molecule has 0 aliphatic heterocycles. The van der Waals surface area contributed by atoms with Gasteiger partial charge in [-0.05, 0) is 72.3 Å². The summed E-state index contributed by atoms with van der Waals surface area (Å²) in [4.78, 5) is 8.56. The molecule has 1 saturated carbocycles. The van der Waals surface area contributed by atoms with Crippen LogP contribution in [0.1, 0.15) is 65.8 Å². The maximum absolute atomic E-state index is 5.92. The Balaban J connectivity index is 1.63. The van der Waals surface area contributed by atoms with Crippen LogP contribution in [0.4, 0.5) is 0 Å². The summed E-state index contributed by atoms with van der Waals surface area (Å²) in [7, 11) is 0. The molecule has 0 saturated heterocycles. The molecule has 1 aliphatic carbocycles. The van der Waals surface area contributed by atoms with Crippen LogP contribution < -0.4 is 0 Å². The number of rotatable bonds is 6. The SMILES string of the molecule is CC(C)(C)OCC#Cc1ncc(CCOC2CC(OC(C)(C)C)C2)cn1. The summed E-state index contributed by atoms with van der Waals surface area (Å²) in [5, 5.41) is 0. The van der Waals surface area contributed by atoms with Crippen LogP contribution in [0.5, 0.6) is 0 Å². The minimum absolute atomic E-state index is 0.0729. The average molecular weight is 360 g/mol. The molecule has 0 bridgehead atoms. The molecule has 0 N–H and O–H groups in total. The molecule has 0 aromatic carbocycles. The maximum atomic E-state index is 5.92. The molecule has 1 aromatic heterocycles. The van der Waals surface area contributed by atoms with E-state index in [9.17, 15) is 0 Å². The van der Waals surface area contributed by atoms with Crippen LogP contribution in [0, 0.1) is 11.8 Å². The summed E-state index contributed by atoms with van der Waals surface area (Å²) in [5.74, 6) is 6.38. The highest BCUT2D eigenvalue weighted by Crippen LogP contribution is 2.29. The molecule has 0 radical (unpaired) electrons. The van der Waals surface area contributed by atoms with E-state index in [2.05, 4.69) is 42.6 Å². The van der Waals surface area contributed by atoms with Crippen molar-refractivity contribution in [2.75, 3.05) is 13.2 Å². The van der Waals surface area contributed by atoms with Gasteiger partial charge in [0.05, 0.1) is 30.0 Å². The zero-order valence-electron chi connectivity index (χ0n) is 17.0. The van der Waals surface area contributed by atoms with Gasteiger partial charge in [-0.2, -0.15) is 0 Å². The fourth-order valence-corrected chi connectivity index (χ4v) is 2.51. The van der Waals surface area contributed by atoms with Gasteiger partial charge in [0.1, 0.15) is 6.61 Å². The summed E-state index contributed by atoms with van der Waals surface area (Å²) in [6.45, 7) is 13.3. The fourth-order valence-electron chi connectivity index (χ4n) is 2.51. The molecular weight excluding hydrogens is 328 g/mol. The Morgan fingerprint density at radius 2 is 1.65 bits per heavy atom. The second kappa shape index (κ2) is 8.94. The summed E-state index contributed by atoms with van der Waals surface area (Å²) in [6.07, 6.45) is 7.06. The fraction of sp³-hybridized carbons (Fsp3) is 0.714. The third kappa shape index (κ3) is 8.27. The number of hydrogen-bond acceptors (Lipinski definition) is 5. The normalized spacial score (nSPS) is 20.2.